The van der Waals surface area contributed by atoms with Crippen molar-refractivity contribution in [3.63, 3.8) is 0 Å². The number of nitrogens with zero attached hydrogens (tertiary/aromatic N) is 3. The van der Waals surface area contributed by atoms with Crippen molar-refractivity contribution in [1.82, 2.24) is 20.3 Å². The number of aromatic nitrogens is 3. The lowest BCUT2D eigenvalue weighted by molar-refractivity contribution is -0.145. The largest absolute Gasteiger partial charge is 0.485 e. The lowest BCUT2D eigenvalue weighted by atomic mass is 10.1. The van der Waals surface area contributed by atoms with Crippen LogP contribution >= 0.6 is 11.3 Å². The van der Waals surface area contributed by atoms with Gasteiger partial charge in [0.1, 0.15) is 22.2 Å². The Hall–Kier alpha value is -3.12. The molecule has 0 fully saturated rings. The number of ether oxygens (including phenoxy) is 1. The Morgan fingerprint density at radius 1 is 1.15 bits per heavy atom. The van der Waals surface area contributed by atoms with Gasteiger partial charge in [-0.05, 0) is 32.9 Å². The van der Waals surface area contributed by atoms with E-state index in [1.807, 2.05) is 0 Å². The number of rotatable bonds is 7. The van der Waals surface area contributed by atoms with Crippen molar-refractivity contribution >= 4 is 17.2 Å². The first kappa shape index (κ1) is 24.5. The molecule has 0 spiro atoms. The van der Waals surface area contributed by atoms with E-state index < -0.39 is 29.3 Å². The van der Waals surface area contributed by atoms with Crippen LogP contribution in [0.5, 0.6) is 5.75 Å². The van der Waals surface area contributed by atoms with E-state index in [9.17, 15) is 23.1 Å². The van der Waals surface area contributed by atoms with Gasteiger partial charge in [-0.2, -0.15) is 13.2 Å². The van der Waals surface area contributed by atoms with E-state index in [0.29, 0.717) is 5.01 Å². The Morgan fingerprint density at radius 2 is 1.82 bits per heavy atom. The van der Waals surface area contributed by atoms with Crippen molar-refractivity contribution in [2.24, 2.45) is 0 Å². The summed E-state index contributed by atoms with van der Waals surface area (Å²) in [7, 11) is 0. The highest BCUT2D eigenvalue weighted by atomic mass is 32.1. The number of amides is 1. The molecule has 3 aromatic rings. The van der Waals surface area contributed by atoms with Crippen LogP contribution < -0.4 is 10.1 Å². The third-order valence-electron chi connectivity index (χ3n) is 4.33. The highest BCUT2D eigenvalue weighted by Gasteiger charge is 2.34. The normalized spacial score (nSPS) is 12.0. The van der Waals surface area contributed by atoms with E-state index in [1.54, 1.807) is 27.0 Å². The van der Waals surface area contributed by atoms with Crippen LogP contribution in [0.3, 0.4) is 0 Å². The zero-order chi connectivity index (χ0) is 24.4. The third kappa shape index (κ3) is 6.02. The molecule has 2 aromatic heterocycles. The minimum Gasteiger partial charge on any atom is -0.485 e. The van der Waals surface area contributed by atoms with Crippen LogP contribution in [0.2, 0.25) is 0 Å². The molecule has 176 valence electrons. The lowest BCUT2D eigenvalue weighted by Gasteiger charge is -2.24. The van der Waals surface area contributed by atoms with Gasteiger partial charge in [0.15, 0.2) is 0 Å². The number of nitrogens with one attached hydrogen (secondary N) is 1. The molecular weight excluding hydrogens is 464 g/mol. The van der Waals surface area contributed by atoms with Gasteiger partial charge in [-0.1, -0.05) is 0 Å². The number of alkyl halides is 3. The Labute approximate surface area is 190 Å². The van der Waals surface area contributed by atoms with Gasteiger partial charge in [0, 0.05) is 35.6 Å². The smallest absolute Gasteiger partial charge is 0.451 e. The number of aryl methyl sites for hydroxylation is 1. The Balaban J connectivity index is 1.89. The third-order valence-corrected chi connectivity index (χ3v) is 5.28. The molecule has 0 aliphatic heterocycles. The van der Waals surface area contributed by atoms with Crippen LogP contribution in [-0.4, -0.2) is 38.2 Å². The summed E-state index contributed by atoms with van der Waals surface area (Å²) in [6.07, 6.45) is -1.26. The molecular formula is C21H20F4N4O3S. The molecule has 2 heterocycles. The standard InChI is InChI=1S/C21H20F4N4O3S/c1-11-6-27-18(33-11)15-5-13(32-20(2,3)10-30)4-14(16(15)22)17(31)26-7-12-8-28-19(29-9-12)21(23,24)25/h4-6,8-9,30H,7,10H2,1-3H3,(H,26,31). The van der Waals surface area contributed by atoms with E-state index in [2.05, 4.69) is 20.3 Å². The van der Waals surface area contributed by atoms with Crippen LogP contribution in [0, 0.1) is 12.7 Å². The van der Waals surface area contributed by atoms with Gasteiger partial charge in [-0.25, -0.2) is 19.3 Å². The fourth-order valence-electron chi connectivity index (χ4n) is 2.68. The van der Waals surface area contributed by atoms with E-state index in [1.165, 1.54) is 23.5 Å². The summed E-state index contributed by atoms with van der Waals surface area (Å²) in [5.74, 6) is -2.82. The Morgan fingerprint density at radius 3 is 2.36 bits per heavy atom. The molecule has 0 unspecified atom stereocenters. The maximum atomic E-state index is 15.3. The molecule has 33 heavy (non-hydrogen) atoms. The second-order valence-corrected chi connectivity index (χ2v) is 8.96. The minimum atomic E-state index is -4.68. The molecule has 1 aromatic carbocycles. The van der Waals surface area contributed by atoms with Crippen LogP contribution in [0.1, 0.15) is 40.5 Å². The first-order valence-electron chi connectivity index (χ1n) is 9.62. The number of carbonyl (C=O) groups excluding carboxylic acids is 1. The van der Waals surface area contributed by atoms with Crippen LogP contribution in [0.15, 0.2) is 30.7 Å². The molecule has 0 radical (unpaired) electrons. The maximum Gasteiger partial charge on any atom is 0.451 e. The average molecular weight is 484 g/mol. The molecule has 7 nitrogen and oxygen atoms in total. The molecule has 0 aliphatic carbocycles. The first-order valence-corrected chi connectivity index (χ1v) is 10.4. The number of aliphatic hydroxyl groups is 1. The highest BCUT2D eigenvalue weighted by Crippen LogP contribution is 2.34. The fraction of sp³-hybridized carbons (Fsp3) is 0.333. The van der Waals surface area contributed by atoms with Crippen molar-refractivity contribution in [3.8, 4) is 16.3 Å². The molecule has 0 bridgehead atoms. The number of aliphatic hydroxyl groups excluding tert-OH is 1. The van der Waals surface area contributed by atoms with Crippen LogP contribution in [0.4, 0.5) is 17.6 Å². The number of thiazole rings is 1. The molecule has 0 aliphatic rings. The number of benzene rings is 1. The summed E-state index contributed by atoms with van der Waals surface area (Å²) in [5, 5.41) is 12.3. The molecule has 0 saturated heterocycles. The predicted octanol–water partition coefficient (Wildman–Crippen LogP) is 4.15. The number of carbonyl (C=O) groups is 1. The molecule has 12 heteroatoms. The molecule has 2 N–H and O–H groups in total. The van der Waals surface area contributed by atoms with Gasteiger partial charge >= 0.3 is 6.18 Å². The summed E-state index contributed by atoms with van der Waals surface area (Å²) >= 11 is 1.23. The minimum absolute atomic E-state index is 0.0438. The van der Waals surface area contributed by atoms with Gasteiger partial charge in [0.2, 0.25) is 5.82 Å². The van der Waals surface area contributed by atoms with Gasteiger partial charge < -0.3 is 15.2 Å². The molecule has 1 amide bonds. The quantitative estimate of drug-likeness (QED) is 0.489. The second-order valence-electron chi connectivity index (χ2n) is 7.72. The van der Waals surface area contributed by atoms with E-state index >= 15 is 4.39 Å². The van der Waals surface area contributed by atoms with Crippen LogP contribution in [-0.2, 0) is 12.7 Å². The highest BCUT2D eigenvalue weighted by molar-refractivity contribution is 7.14. The number of hydrogen-bond donors (Lipinski definition) is 2. The predicted molar refractivity (Wildman–Crippen MR) is 112 cm³/mol. The van der Waals surface area contributed by atoms with Gasteiger partial charge in [0.25, 0.3) is 5.91 Å². The number of hydrogen-bond acceptors (Lipinski definition) is 7. The van der Waals surface area contributed by atoms with Crippen molar-refractivity contribution in [3.05, 3.63) is 58.4 Å². The van der Waals surface area contributed by atoms with Gasteiger partial charge in [-0.3, -0.25) is 4.79 Å². The van der Waals surface area contributed by atoms with Crippen molar-refractivity contribution < 1.29 is 32.2 Å². The van der Waals surface area contributed by atoms with E-state index in [-0.39, 0.29) is 35.6 Å². The molecule has 0 atom stereocenters. The monoisotopic (exact) mass is 484 g/mol. The number of halogens is 4. The second kappa shape index (κ2) is 9.40. The van der Waals surface area contributed by atoms with Crippen molar-refractivity contribution in [2.75, 3.05) is 6.61 Å². The van der Waals surface area contributed by atoms with Crippen molar-refractivity contribution in [1.29, 1.82) is 0 Å². The van der Waals surface area contributed by atoms with Gasteiger partial charge in [-0.15, -0.1) is 11.3 Å². The maximum absolute atomic E-state index is 15.3. The van der Waals surface area contributed by atoms with Crippen LogP contribution in [0.25, 0.3) is 10.6 Å². The Bertz CT molecular complexity index is 1150. The van der Waals surface area contributed by atoms with E-state index in [0.717, 1.165) is 17.3 Å². The lowest BCUT2D eigenvalue weighted by Crippen LogP contribution is -2.32. The zero-order valence-electron chi connectivity index (χ0n) is 17.8. The first-order chi connectivity index (χ1) is 15.4. The van der Waals surface area contributed by atoms with Gasteiger partial charge in [0.05, 0.1) is 17.7 Å². The fourth-order valence-corrected chi connectivity index (χ4v) is 3.45. The van der Waals surface area contributed by atoms with E-state index in [4.69, 9.17) is 4.74 Å². The SMILES string of the molecule is Cc1cnc(-c2cc(OC(C)(C)CO)cc(C(=O)NCc3cnc(C(F)(F)F)nc3)c2F)s1. The summed E-state index contributed by atoms with van der Waals surface area (Å²) in [6, 6.07) is 2.58. The summed E-state index contributed by atoms with van der Waals surface area (Å²) < 4.78 is 58.8. The Kier molecular flexibility index (Phi) is 6.98. The topological polar surface area (TPSA) is 97.2 Å². The summed E-state index contributed by atoms with van der Waals surface area (Å²) in [5.41, 5.74) is -1.11. The molecule has 0 saturated carbocycles. The average Bonchev–Trinajstić information content (AvgIpc) is 3.18. The molecule has 3 rings (SSSR count). The zero-order valence-corrected chi connectivity index (χ0v) is 18.6. The summed E-state index contributed by atoms with van der Waals surface area (Å²) in [4.78, 5) is 24.2. The summed E-state index contributed by atoms with van der Waals surface area (Å²) in [6.45, 7) is 4.48. The van der Waals surface area contributed by atoms with Crippen molar-refractivity contribution in [2.45, 2.75) is 39.1 Å².